The van der Waals surface area contributed by atoms with Crippen molar-refractivity contribution in [1.29, 1.82) is 0 Å². The maximum atomic E-state index is 13.4. The molecule has 0 saturated carbocycles. The molecule has 0 radical (unpaired) electrons. The van der Waals surface area contributed by atoms with Gasteiger partial charge >= 0.3 is 0 Å². The van der Waals surface area contributed by atoms with Crippen LogP contribution in [0.25, 0.3) is 0 Å². The highest BCUT2D eigenvalue weighted by Crippen LogP contribution is 2.29. The van der Waals surface area contributed by atoms with Crippen molar-refractivity contribution in [3.63, 3.8) is 0 Å². The van der Waals surface area contributed by atoms with Gasteiger partial charge in [0.25, 0.3) is 0 Å². The fourth-order valence-corrected chi connectivity index (χ4v) is 3.79. The minimum atomic E-state index is -0.770. The van der Waals surface area contributed by atoms with Gasteiger partial charge in [-0.1, -0.05) is 0 Å². The van der Waals surface area contributed by atoms with Gasteiger partial charge < -0.3 is 15.1 Å². The first kappa shape index (κ1) is 19.3. The average Bonchev–Trinajstić information content (AvgIpc) is 3.02. The van der Waals surface area contributed by atoms with Gasteiger partial charge in [0, 0.05) is 44.4 Å². The van der Waals surface area contributed by atoms with E-state index >= 15 is 0 Å². The Bertz CT molecular complexity index is 735. The van der Waals surface area contributed by atoms with Crippen LogP contribution in [-0.4, -0.2) is 48.8 Å². The molecule has 2 aliphatic heterocycles. The van der Waals surface area contributed by atoms with Crippen LogP contribution >= 0.6 is 0 Å². The molecule has 6 nitrogen and oxygen atoms in total. The van der Waals surface area contributed by atoms with Crippen LogP contribution in [0.4, 0.5) is 14.5 Å². The minimum absolute atomic E-state index is 0.000706. The van der Waals surface area contributed by atoms with Crippen LogP contribution in [0.3, 0.4) is 0 Å². The summed E-state index contributed by atoms with van der Waals surface area (Å²) in [5, 5.41) is 2.78. The number of carbonyl (C=O) groups excluding carboxylic acids is 3. The van der Waals surface area contributed by atoms with Gasteiger partial charge in [-0.2, -0.15) is 0 Å². The van der Waals surface area contributed by atoms with Crippen LogP contribution in [-0.2, 0) is 14.4 Å². The molecule has 0 aliphatic carbocycles. The van der Waals surface area contributed by atoms with E-state index in [1.165, 1.54) is 4.90 Å². The first-order valence-corrected chi connectivity index (χ1v) is 9.22. The van der Waals surface area contributed by atoms with Crippen LogP contribution in [0.2, 0.25) is 0 Å². The number of benzene rings is 1. The Labute approximate surface area is 156 Å². The molecule has 3 amide bonds. The van der Waals surface area contributed by atoms with Crippen molar-refractivity contribution in [2.75, 3.05) is 31.1 Å². The SMILES string of the molecule is CCNC(=O)C1CCCN(C(=O)C2CC(=O)N(c3cc(F)cc(F)c3)C2)C1. The van der Waals surface area contributed by atoms with Gasteiger partial charge in [-0.3, -0.25) is 14.4 Å². The molecule has 2 unspecified atom stereocenters. The zero-order chi connectivity index (χ0) is 19.6. The second-order valence-corrected chi connectivity index (χ2v) is 7.05. The van der Waals surface area contributed by atoms with E-state index in [1.54, 1.807) is 4.90 Å². The summed E-state index contributed by atoms with van der Waals surface area (Å²) in [7, 11) is 0. The number of anilines is 1. The molecule has 2 aliphatic rings. The zero-order valence-electron chi connectivity index (χ0n) is 15.2. The number of nitrogens with one attached hydrogen (secondary N) is 1. The Morgan fingerprint density at radius 1 is 1.15 bits per heavy atom. The maximum absolute atomic E-state index is 13.4. The molecular formula is C19H23F2N3O3. The summed E-state index contributed by atoms with van der Waals surface area (Å²) in [6, 6.07) is 2.90. The molecule has 2 fully saturated rings. The average molecular weight is 379 g/mol. The minimum Gasteiger partial charge on any atom is -0.356 e. The second kappa shape index (κ2) is 8.02. The molecule has 1 aromatic rings. The fraction of sp³-hybridized carbons (Fsp3) is 0.526. The Morgan fingerprint density at radius 2 is 1.85 bits per heavy atom. The van der Waals surface area contributed by atoms with E-state index in [-0.39, 0.29) is 42.3 Å². The third-order valence-corrected chi connectivity index (χ3v) is 5.09. The van der Waals surface area contributed by atoms with Crippen LogP contribution in [0, 0.1) is 23.5 Å². The number of carbonyl (C=O) groups is 3. The number of piperidine rings is 1. The van der Waals surface area contributed by atoms with Crippen molar-refractivity contribution in [3.05, 3.63) is 29.8 Å². The van der Waals surface area contributed by atoms with Crippen molar-refractivity contribution >= 4 is 23.4 Å². The van der Waals surface area contributed by atoms with Gasteiger partial charge in [0.15, 0.2) is 0 Å². The van der Waals surface area contributed by atoms with Gasteiger partial charge in [0.05, 0.1) is 11.8 Å². The number of hydrogen-bond donors (Lipinski definition) is 1. The lowest BCUT2D eigenvalue weighted by Crippen LogP contribution is -2.47. The molecular weight excluding hydrogens is 356 g/mol. The molecule has 2 heterocycles. The third kappa shape index (κ3) is 4.26. The number of likely N-dealkylation sites (tertiary alicyclic amines) is 1. The summed E-state index contributed by atoms with van der Waals surface area (Å²) in [5.74, 6) is -2.94. The third-order valence-electron chi connectivity index (χ3n) is 5.09. The van der Waals surface area contributed by atoms with E-state index in [2.05, 4.69) is 5.32 Å². The standard InChI is InChI=1S/C19H23F2N3O3/c1-2-22-18(26)12-4-3-5-23(10-12)19(27)13-6-17(25)24(11-13)16-8-14(20)7-15(21)9-16/h7-9,12-13H,2-6,10-11H2,1H3,(H,22,26). The molecule has 1 aromatic carbocycles. The number of rotatable bonds is 4. The van der Waals surface area contributed by atoms with E-state index < -0.39 is 17.6 Å². The predicted octanol–water partition coefficient (Wildman–Crippen LogP) is 1.69. The summed E-state index contributed by atoms with van der Waals surface area (Å²) in [6.45, 7) is 3.36. The first-order chi connectivity index (χ1) is 12.9. The van der Waals surface area contributed by atoms with Crippen LogP contribution in [0.5, 0.6) is 0 Å². The molecule has 1 N–H and O–H groups in total. The van der Waals surface area contributed by atoms with E-state index in [0.29, 0.717) is 19.6 Å². The van der Waals surface area contributed by atoms with Gasteiger partial charge in [0.1, 0.15) is 11.6 Å². The maximum Gasteiger partial charge on any atom is 0.228 e. The molecule has 146 valence electrons. The number of hydrogen-bond acceptors (Lipinski definition) is 3. The molecule has 8 heteroatoms. The van der Waals surface area contributed by atoms with Gasteiger partial charge in [0.2, 0.25) is 17.7 Å². The topological polar surface area (TPSA) is 69.7 Å². The largest absolute Gasteiger partial charge is 0.356 e. The summed E-state index contributed by atoms with van der Waals surface area (Å²) in [5.41, 5.74) is 0.117. The lowest BCUT2D eigenvalue weighted by atomic mass is 9.95. The smallest absolute Gasteiger partial charge is 0.228 e. The molecule has 0 spiro atoms. The highest BCUT2D eigenvalue weighted by molar-refractivity contribution is 6.00. The highest BCUT2D eigenvalue weighted by Gasteiger charge is 2.39. The molecule has 2 saturated heterocycles. The molecule has 2 atom stereocenters. The van der Waals surface area contributed by atoms with Crippen LogP contribution in [0.1, 0.15) is 26.2 Å². The summed E-state index contributed by atoms with van der Waals surface area (Å²) in [4.78, 5) is 40.1. The van der Waals surface area contributed by atoms with E-state index in [0.717, 1.165) is 31.0 Å². The monoisotopic (exact) mass is 379 g/mol. The van der Waals surface area contributed by atoms with E-state index in [9.17, 15) is 23.2 Å². The lowest BCUT2D eigenvalue weighted by molar-refractivity contribution is -0.139. The van der Waals surface area contributed by atoms with Gasteiger partial charge in [-0.05, 0) is 31.9 Å². The highest BCUT2D eigenvalue weighted by atomic mass is 19.1. The van der Waals surface area contributed by atoms with Crippen molar-refractivity contribution < 1.29 is 23.2 Å². The van der Waals surface area contributed by atoms with Crippen molar-refractivity contribution in [3.8, 4) is 0 Å². The van der Waals surface area contributed by atoms with Crippen molar-refractivity contribution in [2.45, 2.75) is 26.2 Å². The quantitative estimate of drug-likeness (QED) is 0.866. The second-order valence-electron chi connectivity index (χ2n) is 7.05. The number of amides is 3. The van der Waals surface area contributed by atoms with Crippen LogP contribution in [0.15, 0.2) is 18.2 Å². The molecule has 27 heavy (non-hydrogen) atoms. The number of nitrogens with zero attached hydrogens (tertiary/aromatic N) is 2. The van der Waals surface area contributed by atoms with E-state index in [1.807, 2.05) is 6.92 Å². The van der Waals surface area contributed by atoms with Crippen molar-refractivity contribution in [1.82, 2.24) is 10.2 Å². The summed E-state index contributed by atoms with van der Waals surface area (Å²) in [6.07, 6.45) is 1.46. The van der Waals surface area contributed by atoms with E-state index in [4.69, 9.17) is 0 Å². The zero-order valence-corrected chi connectivity index (χ0v) is 15.2. The lowest BCUT2D eigenvalue weighted by Gasteiger charge is -2.33. The number of halogens is 2. The van der Waals surface area contributed by atoms with Crippen molar-refractivity contribution in [2.24, 2.45) is 11.8 Å². The normalized spacial score (nSPS) is 22.9. The molecule has 0 aromatic heterocycles. The molecule has 3 rings (SSSR count). The summed E-state index contributed by atoms with van der Waals surface area (Å²) >= 11 is 0. The Hall–Kier alpha value is -2.51. The Balaban J connectivity index is 1.67. The van der Waals surface area contributed by atoms with Gasteiger partial charge in [-0.25, -0.2) is 8.78 Å². The Kier molecular flexibility index (Phi) is 5.72. The predicted molar refractivity (Wildman–Crippen MR) is 94.8 cm³/mol. The first-order valence-electron chi connectivity index (χ1n) is 9.22. The summed E-state index contributed by atoms with van der Waals surface area (Å²) < 4.78 is 26.9. The molecule has 0 bridgehead atoms. The van der Waals surface area contributed by atoms with Gasteiger partial charge in [-0.15, -0.1) is 0 Å². The Morgan fingerprint density at radius 3 is 2.52 bits per heavy atom. The fourth-order valence-electron chi connectivity index (χ4n) is 3.79. The van der Waals surface area contributed by atoms with Crippen LogP contribution < -0.4 is 10.2 Å².